The molecule has 1 aliphatic carbocycles. The van der Waals surface area contributed by atoms with Gasteiger partial charge in [-0.25, -0.2) is 14.6 Å². The van der Waals surface area contributed by atoms with E-state index in [1.54, 1.807) is 0 Å². The summed E-state index contributed by atoms with van der Waals surface area (Å²) in [5, 5.41) is 16.6. The van der Waals surface area contributed by atoms with Crippen molar-refractivity contribution in [3.63, 3.8) is 0 Å². The van der Waals surface area contributed by atoms with Crippen LogP contribution in [-0.4, -0.2) is 59.1 Å². The van der Waals surface area contributed by atoms with Crippen LogP contribution in [0.5, 0.6) is 0 Å². The third-order valence-corrected chi connectivity index (χ3v) is 7.16. The van der Waals surface area contributed by atoms with Gasteiger partial charge in [-0.2, -0.15) is 0 Å². The lowest BCUT2D eigenvalue weighted by molar-refractivity contribution is 0.0475. The zero-order valence-electron chi connectivity index (χ0n) is 20.4. The maximum atomic E-state index is 12.0. The third-order valence-electron chi connectivity index (χ3n) is 5.45. The molecule has 9 nitrogen and oxygen atoms in total. The molecule has 2 aromatic rings. The van der Waals surface area contributed by atoms with E-state index in [1.165, 1.54) is 6.20 Å². The number of carbonyl (C=O) groups is 2. The predicted molar refractivity (Wildman–Crippen MR) is 131 cm³/mol. The van der Waals surface area contributed by atoms with Crippen molar-refractivity contribution < 1.29 is 24.2 Å². The van der Waals surface area contributed by atoms with Gasteiger partial charge in [0.25, 0.3) is 0 Å². The Bertz CT molecular complexity index is 1000. The summed E-state index contributed by atoms with van der Waals surface area (Å²) in [4.78, 5) is 28.2. The SMILES string of the molecule is CC(C)(C)OC(=O)NC1CC(Nc2c(C(=O)O)cnc3c2ccn3COCC[Si](C)(C)C)C1. The van der Waals surface area contributed by atoms with E-state index >= 15 is 0 Å². The number of ether oxygens (including phenoxy) is 2. The molecule has 2 aromatic heterocycles. The molecule has 0 bridgehead atoms. The Kier molecular flexibility index (Phi) is 7.38. The van der Waals surface area contributed by atoms with Gasteiger partial charge in [0.1, 0.15) is 23.5 Å². The molecule has 33 heavy (non-hydrogen) atoms. The van der Waals surface area contributed by atoms with Crippen molar-refractivity contribution in [2.24, 2.45) is 0 Å². The summed E-state index contributed by atoms with van der Waals surface area (Å²) >= 11 is 0. The Morgan fingerprint density at radius 1 is 1.24 bits per heavy atom. The fourth-order valence-corrected chi connectivity index (χ4v) is 4.39. The Morgan fingerprint density at radius 2 is 1.94 bits per heavy atom. The van der Waals surface area contributed by atoms with Crippen LogP contribution < -0.4 is 10.6 Å². The number of anilines is 1. The summed E-state index contributed by atoms with van der Waals surface area (Å²) in [6.07, 6.45) is 4.19. The van der Waals surface area contributed by atoms with Crippen LogP contribution in [0.15, 0.2) is 18.5 Å². The average molecular weight is 477 g/mol. The highest BCUT2D eigenvalue weighted by molar-refractivity contribution is 6.76. The van der Waals surface area contributed by atoms with Gasteiger partial charge in [0.05, 0.1) is 5.69 Å². The molecular weight excluding hydrogens is 440 g/mol. The van der Waals surface area contributed by atoms with Gasteiger partial charge >= 0.3 is 12.1 Å². The van der Waals surface area contributed by atoms with Gasteiger partial charge < -0.3 is 29.8 Å². The molecule has 3 N–H and O–H groups in total. The van der Waals surface area contributed by atoms with E-state index < -0.39 is 25.7 Å². The number of carboxylic acid groups (broad SMARTS) is 1. The van der Waals surface area contributed by atoms with E-state index in [0.29, 0.717) is 37.5 Å². The van der Waals surface area contributed by atoms with Crippen LogP contribution in [0.2, 0.25) is 25.7 Å². The Labute approximate surface area is 195 Å². The first-order chi connectivity index (χ1) is 15.3. The van der Waals surface area contributed by atoms with Gasteiger partial charge in [0, 0.05) is 44.5 Å². The fraction of sp³-hybridized carbons (Fsp3) is 0.609. The quantitative estimate of drug-likeness (QED) is 0.360. The Hall–Kier alpha value is -2.59. The minimum Gasteiger partial charge on any atom is -0.478 e. The van der Waals surface area contributed by atoms with Crippen molar-refractivity contribution in [2.75, 3.05) is 11.9 Å². The number of hydrogen-bond donors (Lipinski definition) is 3. The number of nitrogens with zero attached hydrogens (tertiary/aromatic N) is 2. The summed E-state index contributed by atoms with van der Waals surface area (Å²) in [7, 11) is -1.17. The number of amides is 1. The van der Waals surface area contributed by atoms with Crippen LogP contribution in [0.1, 0.15) is 44.0 Å². The number of hydrogen-bond acceptors (Lipinski definition) is 6. The molecular formula is C23H36N4O5Si. The second-order valence-electron chi connectivity index (χ2n) is 10.9. The molecule has 1 saturated carbocycles. The molecule has 0 aliphatic heterocycles. The van der Waals surface area contributed by atoms with Crippen molar-refractivity contribution in [1.29, 1.82) is 0 Å². The maximum absolute atomic E-state index is 12.0. The molecule has 1 fully saturated rings. The number of carbonyl (C=O) groups excluding carboxylic acids is 1. The fourth-order valence-electron chi connectivity index (χ4n) is 3.63. The minimum atomic E-state index is -1.17. The summed E-state index contributed by atoms with van der Waals surface area (Å²) in [5.41, 5.74) is 0.812. The number of fused-ring (bicyclic) bond motifs is 1. The first-order valence-corrected chi connectivity index (χ1v) is 15.1. The van der Waals surface area contributed by atoms with E-state index in [0.717, 1.165) is 11.4 Å². The van der Waals surface area contributed by atoms with Gasteiger partial charge in [0.2, 0.25) is 0 Å². The number of aromatic nitrogens is 2. The topological polar surface area (TPSA) is 115 Å². The van der Waals surface area contributed by atoms with Gasteiger partial charge in [-0.05, 0) is 45.7 Å². The minimum absolute atomic E-state index is 0.00711. The second-order valence-corrected chi connectivity index (χ2v) is 16.5. The normalized spacial score (nSPS) is 18.6. The van der Waals surface area contributed by atoms with Crippen LogP contribution in [-0.2, 0) is 16.2 Å². The van der Waals surface area contributed by atoms with Crippen molar-refractivity contribution >= 4 is 36.9 Å². The number of alkyl carbamates (subject to hydrolysis) is 1. The van der Waals surface area contributed by atoms with Gasteiger partial charge in [-0.3, -0.25) is 0 Å². The molecule has 0 spiro atoms. The van der Waals surface area contributed by atoms with E-state index in [4.69, 9.17) is 9.47 Å². The molecule has 0 radical (unpaired) electrons. The van der Waals surface area contributed by atoms with Crippen molar-refractivity contribution in [1.82, 2.24) is 14.9 Å². The highest BCUT2D eigenvalue weighted by atomic mass is 28.3. The number of rotatable bonds is 9. The zero-order chi connectivity index (χ0) is 24.4. The van der Waals surface area contributed by atoms with Gasteiger partial charge in [0.15, 0.2) is 0 Å². The highest BCUT2D eigenvalue weighted by Crippen LogP contribution is 2.32. The molecule has 0 unspecified atom stereocenters. The molecule has 0 atom stereocenters. The van der Waals surface area contributed by atoms with E-state index in [2.05, 4.69) is 35.3 Å². The number of aromatic carboxylic acids is 1. The molecule has 0 saturated heterocycles. The smallest absolute Gasteiger partial charge is 0.407 e. The molecule has 3 rings (SSSR count). The number of carboxylic acids is 1. The predicted octanol–water partition coefficient (Wildman–Crippen LogP) is 4.51. The van der Waals surface area contributed by atoms with Crippen LogP contribution in [0.25, 0.3) is 11.0 Å². The largest absolute Gasteiger partial charge is 0.478 e. The second kappa shape index (κ2) is 9.72. The molecule has 0 aromatic carbocycles. The first kappa shape index (κ1) is 25.0. The standard InChI is InChI=1S/C23H36N4O5Si/c1-23(2,3)32-22(30)26-16-11-15(12-16)25-19-17-7-8-27(14-31-9-10-33(4,5)6)20(17)24-13-18(19)21(28)29/h7-8,13,15-16H,9-12,14H2,1-6H3,(H,24,25)(H,26,30)(H,28,29). The molecule has 10 heteroatoms. The monoisotopic (exact) mass is 476 g/mol. The van der Waals surface area contributed by atoms with Crippen molar-refractivity contribution in [3.05, 3.63) is 24.0 Å². The first-order valence-electron chi connectivity index (χ1n) is 11.4. The number of pyridine rings is 1. The lowest BCUT2D eigenvalue weighted by Gasteiger charge is -2.37. The lowest BCUT2D eigenvalue weighted by Crippen LogP contribution is -2.50. The Balaban J connectivity index is 1.65. The van der Waals surface area contributed by atoms with E-state index in [1.807, 2.05) is 37.6 Å². The highest BCUT2D eigenvalue weighted by Gasteiger charge is 2.33. The third kappa shape index (κ3) is 6.94. The molecule has 182 valence electrons. The Morgan fingerprint density at radius 3 is 2.55 bits per heavy atom. The van der Waals surface area contributed by atoms with Crippen molar-refractivity contribution in [2.45, 2.75) is 83.7 Å². The summed E-state index contributed by atoms with van der Waals surface area (Å²) < 4.78 is 13.0. The lowest BCUT2D eigenvalue weighted by atomic mass is 9.86. The van der Waals surface area contributed by atoms with Crippen LogP contribution >= 0.6 is 0 Å². The van der Waals surface area contributed by atoms with E-state index in [-0.39, 0.29) is 17.6 Å². The molecule has 1 aliphatic rings. The molecule has 2 heterocycles. The van der Waals surface area contributed by atoms with Crippen LogP contribution in [0.4, 0.5) is 10.5 Å². The molecule has 1 amide bonds. The van der Waals surface area contributed by atoms with Crippen molar-refractivity contribution in [3.8, 4) is 0 Å². The summed E-state index contributed by atoms with van der Waals surface area (Å²) in [5.74, 6) is -1.03. The average Bonchev–Trinajstić information content (AvgIpc) is 3.04. The maximum Gasteiger partial charge on any atom is 0.407 e. The zero-order valence-corrected chi connectivity index (χ0v) is 21.4. The van der Waals surface area contributed by atoms with Crippen LogP contribution in [0.3, 0.4) is 0 Å². The summed E-state index contributed by atoms with van der Waals surface area (Å²) in [6, 6.07) is 2.99. The van der Waals surface area contributed by atoms with Gasteiger partial charge in [-0.1, -0.05) is 19.6 Å². The van der Waals surface area contributed by atoms with Gasteiger partial charge in [-0.15, -0.1) is 0 Å². The van der Waals surface area contributed by atoms with Crippen LogP contribution in [0, 0.1) is 0 Å². The number of nitrogens with one attached hydrogen (secondary N) is 2. The summed E-state index contributed by atoms with van der Waals surface area (Å²) in [6.45, 7) is 13.5. The van der Waals surface area contributed by atoms with E-state index in [9.17, 15) is 14.7 Å².